The number of esters is 1. The van der Waals surface area contributed by atoms with E-state index in [1.807, 2.05) is 0 Å². The van der Waals surface area contributed by atoms with Gasteiger partial charge in [0.2, 0.25) is 5.91 Å². The molecule has 0 aromatic heterocycles. The van der Waals surface area contributed by atoms with Gasteiger partial charge in [0.1, 0.15) is 11.5 Å². The second-order valence-corrected chi connectivity index (χ2v) is 6.83. The van der Waals surface area contributed by atoms with Crippen molar-refractivity contribution in [2.24, 2.45) is 5.92 Å². The van der Waals surface area contributed by atoms with Crippen LogP contribution >= 0.6 is 0 Å². The van der Waals surface area contributed by atoms with E-state index in [0.717, 1.165) is 12.0 Å². The van der Waals surface area contributed by atoms with Crippen molar-refractivity contribution in [2.45, 2.75) is 20.3 Å². The number of anilines is 1. The molecule has 2 rings (SSSR count). The van der Waals surface area contributed by atoms with E-state index in [1.165, 1.54) is 6.08 Å². The van der Waals surface area contributed by atoms with Crippen molar-refractivity contribution < 1.29 is 23.8 Å². The first-order chi connectivity index (χ1) is 13.9. The molecule has 6 heteroatoms. The van der Waals surface area contributed by atoms with Gasteiger partial charge in [-0.1, -0.05) is 13.8 Å². The van der Waals surface area contributed by atoms with Crippen LogP contribution in [0.15, 0.2) is 48.5 Å². The van der Waals surface area contributed by atoms with Crippen LogP contribution in [-0.4, -0.2) is 32.7 Å². The number of nitrogens with one attached hydrogen (secondary N) is 1. The summed E-state index contributed by atoms with van der Waals surface area (Å²) in [6, 6.07) is 11.9. The lowest BCUT2D eigenvalue weighted by Crippen LogP contribution is -2.10. The minimum atomic E-state index is -0.367. The highest BCUT2D eigenvalue weighted by molar-refractivity contribution is 6.02. The monoisotopic (exact) mass is 397 g/mol. The smallest absolute Gasteiger partial charge is 0.338 e. The molecular formula is C23H27NO5. The summed E-state index contributed by atoms with van der Waals surface area (Å²) in [5, 5.41) is 2.75. The highest BCUT2D eigenvalue weighted by Crippen LogP contribution is 2.25. The summed E-state index contributed by atoms with van der Waals surface area (Å²) in [5.41, 5.74) is 1.75. The molecule has 154 valence electrons. The molecule has 0 saturated carbocycles. The van der Waals surface area contributed by atoms with Crippen molar-refractivity contribution in [2.75, 3.05) is 26.1 Å². The van der Waals surface area contributed by atoms with Crippen LogP contribution in [0.2, 0.25) is 0 Å². The Morgan fingerprint density at radius 2 is 1.76 bits per heavy atom. The third-order valence-electron chi connectivity index (χ3n) is 4.17. The van der Waals surface area contributed by atoms with Crippen molar-refractivity contribution in [1.29, 1.82) is 0 Å². The standard InChI is InChI=1S/C23H27NO5/c1-16(2)13-14-29-23(26)17-5-8-19(9-6-17)24-22(25)12-7-18-15-20(27-3)10-11-21(18)28-4/h5-12,15-16H,13-14H2,1-4H3,(H,24,25)/b12-7+. The maximum absolute atomic E-state index is 12.2. The van der Waals surface area contributed by atoms with Crippen LogP contribution in [0, 0.1) is 5.92 Å². The zero-order valence-corrected chi connectivity index (χ0v) is 17.2. The van der Waals surface area contributed by atoms with Crippen LogP contribution in [0.1, 0.15) is 36.2 Å². The molecule has 0 fully saturated rings. The Balaban J connectivity index is 1.95. The molecule has 0 aliphatic rings. The summed E-state index contributed by atoms with van der Waals surface area (Å²) in [4.78, 5) is 24.2. The summed E-state index contributed by atoms with van der Waals surface area (Å²) in [6.07, 6.45) is 3.88. The van der Waals surface area contributed by atoms with Crippen LogP contribution in [0.25, 0.3) is 6.08 Å². The summed E-state index contributed by atoms with van der Waals surface area (Å²) in [6.45, 7) is 4.54. The van der Waals surface area contributed by atoms with Gasteiger partial charge < -0.3 is 19.5 Å². The average molecular weight is 397 g/mol. The lowest BCUT2D eigenvalue weighted by Gasteiger charge is -2.08. The number of carbonyl (C=O) groups excluding carboxylic acids is 2. The normalized spacial score (nSPS) is 10.8. The molecule has 1 N–H and O–H groups in total. The van der Waals surface area contributed by atoms with E-state index in [1.54, 1.807) is 62.8 Å². The third-order valence-corrected chi connectivity index (χ3v) is 4.17. The summed E-state index contributed by atoms with van der Waals surface area (Å²) in [7, 11) is 3.14. The van der Waals surface area contributed by atoms with E-state index in [2.05, 4.69) is 19.2 Å². The number of hydrogen-bond acceptors (Lipinski definition) is 5. The maximum atomic E-state index is 12.2. The lowest BCUT2D eigenvalue weighted by molar-refractivity contribution is -0.111. The fourth-order valence-corrected chi connectivity index (χ4v) is 2.48. The molecule has 0 atom stereocenters. The van der Waals surface area contributed by atoms with Crippen molar-refractivity contribution in [3.8, 4) is 11.5 Å². The molecule has 0 heterocycles. The van der Waals surface area contributed by atoms with Gasteiger partial charge in [-0.15, -0.1) is 0 Å². The second kappa shape index (κ2) is 10.9. The van der Waals surface area contributed by atoms with Crippen LogP contribution in [0.4, 0.5) is 5.69 Å². The molecule has 0 aliphatic carbocycles. The predicted molar refractivity (Wildman–Crippen MR) is 113 cm³/mol. The van der Waals surface area contributed by atoms with Gasteiger partial charge in [0, 0.05) is 17.3 Å². The van der Waals surface area contributed by atoms with Crippen molar-refractivity contribution in [3.63, 3.8) is 0 Å². The Bertz CT molecular complexity index is 856. The van der Waals surface area contributed by atoms with Gasteiger partial charge in [-0.3, -0.25) is 4.79 Å². The number of hydrogen-bond donors (Lipinski definition) is 1. The van der Waals surface area contributed by atoms with Gasteiger partial charge in [0.25, 0.3) is 0 Å². The quantitative estimate of drug-likeness (QED) is 0.496. The predicted octanol–water partition coefficient (Wildman–Crippen LogP) is 4.56. The number of rotatable bonds is 9. The Kier molecular flexibility index (Phi) is 8.27. The Labute approximate surface area is 171 Å². The highest BCUT2D eigenvalue weighted by atomic mass is 16.5. The fourth-order valence-electron chi connectivity index (χ4n) is 2.48. The zero-order valence-electron chi connectivity index (χ0n) is 17.2. The van der Waals surface area contributed by atoms with E-state index < -0.39 is 0 Å². The Hall–Kier alpha value is -3.28. The summed E-state index contributed by atoms with van der Waals surface area (Å²) >= 11 is 0. The van der Waals surface area contributed by atoms with Gasteiger partial charge >= 0.3 is 5.97 Å². The summed E-state index contributed by atoms with van der Waals surface area (Å²) < 4.78 is 15.7. The van der Waals surface area contributed by atoms with E-state index in [0.29, 0.717) is 35.3 Å². The van der Waals surface area contributed by atoms with Crippen LogP contribution in [0.5, 0.6) is 11.5 Å². The number of carbonyl (C=O) groups is 2. The van der Waals surface area contributed by atoms with Gasteiger partial charge in [0.05, 0.1) is 26.4 Å². The molecule has 0 saturated heterocycles. The van der Waals surface area contributed by atoms with Gasteiger partial charge in [-0.2, -0.15) is 0 Å². The van der Waals surface area contributed by atoms with Gasteiger partial charge in [-0.25, -0.2) is 4.79 Å². The fraction of sp³-hybridized carbons (Fsp3) is 0.304. The van der Waals surface area contributed by atoms with Crippen LogP contribution in [0.3, 0.4) is 0 Å². The first-order valence-electron chi connectivity index (χ1n) is 9.41. The molecule has 0 radical (unpaired) electrons. The van der Waals surface area contributed by atoms with Crippen molar-refractivity contribution >= 4 is 23.6 Å². The molecule has 29 heavy (non-hydrogen) atoms. The Morgan fingerprint density at radius 1 is 1.03 bits per heavy atom. The molecular weight excluding hydrogens is 370 g/mol. The van der Waals surface area contributed by atoms with Crippen molar-refractivity contribution in [3.05, 3.63) is 59.7 Å². The molecule has 0 aliphatic heterocycles. The van der Waals surface area contributed by atoms with E-state index in [9.17, 15) is 9.59 Å². The van der Waals surface area contributed by atoms with Crippen LogP contribution in [-0.2, 0) is 9.53 Å². The first kappa shape index (κ1) is 22.0. The van der Waals surface area contributed by atoms with E-state index >= 15 is 0 Å². The molecule has 6 nitrogen and oxygen atoms in total. The number of ether oxygens (including phenoxy) is 3. The largest absolute Gasteiger partial charge is 0.497 e. The highest BCUT2D eigenvalue weighted by Gasteiger charge is 2.08. The van der Waals surface area contributed by atoms with E-state index in [-0.39, 0.29) is 11.9 Å². The average Bonchev–Trinajstić information content (AvgIpc) is 2.72. The second-order valence-electron chi connectivity index (χ2n) is 6.83. The van der Waals surface area contributed by atoms with Crippen LogP contribution < -0.4 is 14.8 Å². The number of methoxy groups -OCH3 is 2. The molecule has 2 aromatic rings. The SMILES string of the molecule is COc1ccc(OC)c(/C=C/C(=O)Nc2ccc(C(=O)OCCC(C)C)cc2)c1. The summed E-state index contributed by atoms with van der Waals surface area (Å²) in [5.74, 6) is 1.11. The van der Waals surface area contributed by atoms with Gasteiger partial charge in [0.15, 0.2) is 0 Å². The number of benzene rings is 2. The van der Waals surface area contributed by atoms with E-state index in [4.69, 9.17) is 14.2 Å². The molecule has 2 aromatic carbocycles. The molecule has 0 bridgehead atoms. The minimum Gasteiger partial charge on any atom is -0.497 e. The third kappa shape index (κ3) is 6.99. The topological polar surface area (TPSA) is 73.9 Å². The maximum Gasteiger partial charge on any atom is 0.338 e. The number of amides is 1. The Morgan fingerprint density at radius 3 is 2.38 bits per heavy atom. The molecule has 0 spiro atoms. The van der Waals surface area contributed by atoms with Gasteiger partial charge in [-0.05, 0) is 60.9 Å². The lowest BCUT2D eigenvalue weighted by atomic mass is 10.1. The van der Waals surface area contributed by atoms with Crippen molar-refractivity contribution in [1.82, 2.24) is 0 Å². The molecule has 0 unspecified atom stereocenters. The minimum absolute atomic E-state index is 0.304. The first-order valence-corrected chi connectivity index (χ1v) is 9.41. The molecule has 1 amide bonds. The zero-order chi connectivity index (χ0) is 21.2.